The average molecular weight is 330 g/mol. The van der Waals surface area contributed by atoms with Crippen molar-refractivity contribution in [1.29, 1.82) is 0 Å². The van der Waals surface area contributed by atoms with E-state index in [1.165, 1.54) is 25.7 Å². The highest BCUT2D eigenvalue weighted by Gasteiger charge is 2.24. The Labute approximate surface area is 145 Å². The molecule has 3 rings (SSSR count). The number of nitrogens with one attached hydrogen (secondary N) is 2. The fraction of sp³-hybridized carbons (Fsp3) is 0.684. The van der Waals surface area contributed by atoms with E-state index in [0.29, 0.717) is 18.5 Å². The fourth-order valence-corrected chi connectivity index (χ4v) is 3.58. The van der Waals surface area contributed by atoms with Gasteiger partial charge in [0.25, 0.3) is 0 Å². The third-order valence-electron chi connectivity index (χ3n) is 5.31. The monoisotopic (exact) mass is 330 g/mol. The van der Waals surface area contributed by atoms with Gasteiger partial charge in [0.05, 0.1) is 12.2 Å². The van der Waals surface area contributed by atoms with Crippen LogP contribution in [0.2, 0.25) is 0 Å². The number of hydrogen-bond donors (Lipinski definition) is 2. The lowest BCUT2D eigenvalue weighted by Gasteiger charge is -2.31. The molecule has 2 fully saturated rings. The summed E-state index contributed by atoms with van der Waals surface area (Å²) in [5.41, 5.74) is 1.04. The minimum absolute atomic E-state index is 0.162. The largest absolute Gasteiger partial charge is 0.355 e. The maximum Gasteiger partial charge on any atom is 0.234 e. The van der Waals surface area contributed by atoms with Gasteiger partial charge in [-0.2, -0.15) is 0 Å². The Balaban J connectivity index is 1.58. The minimum Gasteiger partial charge on any atom is -0.355 e. The molecule has 1 aromatic rings. The van der Waals surface area contributed by atoms with Gasteiger partial charge in [-0.05, 0) is 63.2 Å². The third-order valence-corrected chi connectivity index (χ3v) is 5.31. The predicted octanol–water partition coefficient (Wildman–Crippen LogP) is 1.94. The summed E-state index contributed by atoms with van der Waals surface area (Å²) in [6, 6.07) is 6.46. The topological polar surface area (TPSA) is 57.3 Å². The Kier molecular flexibility index (Phi) is 6.61. The van der Waals surface area contributed by atoms with E-state index in [4.69, 9.17) is 0 Å². The van der Waals surface area contributed by atoms with Crippen LogP contribution >= 0.6 is 0 Å². The Morgan fingerprint density at radius 1 is 1.21 bits per heavy atom. The van der Waals surface area contributed by atoms with Gasteiger partial charge in [-0.1, -0.05) is 12.5 Å². The number of amides is 1. The van der Waals surface area contributed by atoms with E-state index in [0.717, 1.165) is 44.7 Å². The highest BCUT2D eigenvalue weighted by molar-refractivity contribution is 5.78. The number of hydrogen-bond acceptors (Lipinski definition) is 4. The highest BCUT2D eigenvalue weighted by atomic mass is 16.2. The first-order chi connectivity index (χ1) is 11.8. The van der Waals surface area contributed by atoms with Crippen LogP contribution in [0.1, 0.15) is 44.2 Å². The lowest BCUT2D eigenvalue weighted by Crippen LogP contribution is -2.44. The summed E-state index contributed by atoms with van der Waals surface area (Å²) in [6.07, 6.45) is 9.12. The molecule has 2 heterocycles. The maximum atomic E-state index is 12.4. The molecule has 2 aliphatic rings. The van der Waals surface area contributed by atoms with Crippen molar-refractivity contribution < 1.29 is 4.79 Å². The van der Waals surface area contributed by atoms with Gasteiger partial charge in [-0.3, -0.25) is 14.7 Å². The van der Waals surface area contributed by atoms with Crippen LogP contribution in [0.15, 0.2) is 24.4 Å². The molecule has 2 N–H and O–H groups in total. The van der Waals surface area contributed by atoms with Crippen molar-refractivity contribution in [3.63, 3.8) is 0 Å². The van der Waals surface area contributed by atoms with Gasteiger partial charge in [-0.25, -0.2) is 0 Å². The molecule has 0 radical (unpaired) electrons. The summed E-state index contributed by atoms with van der Waals surface area (Å²) in [5.74, 6) is 0.871. The Morgan fingerprint density at radius 2 is 2.12 bits per heavy atom. The smallest absolute Gasteiger partial charge is 0.234 e. The van der Waals surface area contributed by atoms with Crippen LogP contribution in [0.3, 0.4) is 0 Å². The normalized spacial score (nSPS) is 22.0. The molecule has 132 valence electrons. The van der Waals surface area contributed by atoms with Gasteiger partial charge in [0.2, 0.25) is 5.91 Å². The summed E-state index contributed by atoms with van der Waals surface area (Å²) in [4.78, 5) is 19.2. The summed E-state index contributed by atoms with van der Waals surface area (Å²) < 4.78 is 0. The van der Waals surface area contributed by atoms with E-state index < -0.39 is 0 Å². The van der Waals surface area contributed by atoms with Gasteiger partial charge in [-0.15, -0.1) is 0 Å². The van der Waals surface area contributed by atoms with Gasteiger partial charge >= 0.3 is 0 Å². The number of aromatic nitrogens is 1. The average Bonchev–Trinajstić information content (AvgIpc) is 2.83. The Bertz CT molecular complexity index is 495. The molecule has 0 aromatic carbocycles. The summed E-state index contributed by atoms with van der Waals surface area (Å²) in [7, 11) is 0. The zero-order valence-corrected chi connectivity index (χ0v) is 14.5. The van der Waals surface area contributed by atoms with Gasteiger partial charge < -0.3 is 10.6 Å². The number of pyridine rings is 1. The van der Waals surface area contributed by atoms with Gasteiger partial charge in [0.15, 0.2) is 0 Å². The van der Waals surface area contributed by atoms with Crippen molar-refractivity contribution in [2.75, 3.05) is 26.2 Å². The quantitative estimate of drug-likeness (QED) is 0.802. The van der Waals surface area contributed by atoms with Crippen LogP contribution in [0.25, 0.3) is 0 Å². The summed E-state index contributed by atoms with van der Waals surface area (Å²) >= 11 is 0. The molecule has 1 aromatic heterocycles. The number of carbonyl (C=O) groups excluding carboxylic acids is 1. The van der Waals surface area contributed by atoms with Crippen LogP contribution in [0.5, 0.6) is 0 Å². The molecule has 1 saturated heterocycles. The SMILES string of the molecule is O=C(CN(Cc1ccccn1)[C@H]1CCCNCC1)NCC1CCC1. The second kappa shape index (κ2) is 9.14. The van der Waals surface area contributed by atoms with Crippen molar-refractivity contribution in [3.05, 3.63) is 30.1 Å². The third kappa shape index (κ3) is 5.28. The minimum atomic E-state index is 0.162. The van der Waals surface area contributed by atoms with Crippen LogP contribution < -0.4 is 10.6 Å². The first kappa shape index (κ1) is 17.4. The zero-order valence-electron chi connectivity index (χ0n) is 14.5. The second-order valence-corrected chi connectivity index (χ2v) is 7.16. The van der Waals surface area contributed by atoms with Crippen molar-refractivity contribution in [2.24, 2.45) is 5.92 Å². The molecule has 1 saturated carbocycles. The van der Waals surface area contributed by atoms with Gasteiger partial charge in [0, 0.05) is 25.3 Å². The Morgan fingerprint density at radius 3 is 2.88 bits per heavy atom. The van der Waals surface area contributed by atoms with Crippen LogP contribution in [0.4, 0.5) is 0 Å². The molecule has 0 spiro atoms. The van der Waals surface area contributed by atoms with E-state index in [2.05, 4.69) is 20.5 Å². The lowest BCUT2D eigenvalue weighted by atomic mass is 9.85. The number of rotatable bonds is 7. The van der Waals surface area contributed by atoms with E-state index in [1.54, 1.807) is 0 Å². The molecule has 5 nitrogen and oxygen atoms in total. The Hall–Kier alpha value is -1.46. The van der Waals surface area contributed by atoms with Crippen LogP contribution in [0, 0.1) is 5.92 Å². The molecule has 1 aliphatic heterocycles. The standard InChI is InChI=1S/C19H30N4O/c24-19(22-13-16-5-3-6-16)15-23(14-17-7-1-2-11-21-17)18-8-4-10-20-12-9-18/h1-2,7,11,16,18,20H,3-6,8-10,12-15H2,(H,22,24)/t18-/m0/s1. The van der Waals surface area contributed by atoms with Crippen molar-refractivity contribution >= 4 is 5.91 Å². The van der Waals surface area contributed by atoms with Crippen molar-refractivity contribution in [2.45, 2.75) is 51.1 Å². The predicted molar refractivity (Wildman–Crippen MR) is 95.5 cm³/mol. The first-order valence-electron chi connectivity index (χ1n) is 9.42. The number of nitrogens with zero attached hydrogens (tertiary/aromatic N) is 2. The maximum absolute atomic E-state index is 12.4. The molecule has 5 heteroatoms. The highest BCUT2D eigenvalue weighted by Crippen LogP contribution is 2.25. The fourth-order valence-electron chi connectivity index (χ4n) is 3.58. The van der Waals surface area contributed by atoms with Gasteiger partial charge in [0.1, 0.15) is 0 Å². The van der Waals surface area contributed by atoms with Crippen molar-refractivity contribution in [3.8, 4) is 0 Å². The second-order valence-electron chi connectivity index (χ2n) is 7.16. The lowest BCUT2D eigenvalue weighted by molar-refractivity contribution is -0.123. The van der Waals surface area contributed by atoms with Crippen LogP contribution in [-0.4, -0.2) is 48.0 Å². The molecule has 1 aliphatic carbocycles. The van der Waals surface area contributed by atoms with Crippen molar-refractivity contribution in [1.82, 2.24) is 20.5 Å². The summed E-state index contributed by atoms with van der Waals surface area (Å²) in [6.45, 7) is 4.20. The first-order valence-corrected chi connectivity index (χ1v) is 9.42. The van der Waals surface area contributed by atoms with E-state index in [9.17, 15) is 4.79 Å². The molecule has 24 heavy (non-hydrogen) atoms. The molecule has 1 atom stereocenters. The van der Waals surface area contributed by atoms with E-state index in [1.807, 2.05) is 24.4 Å². The van der Waals surface area contributed by atoms with Crippen LogP contribution in [-0.2, 0) is 11.3 Å². The van der Waals surface area contributed by atoms with E-state index in [-0.39, 0.29) is 5.91 Å². The molecule has 1 amide bonds. The molecular formula is C19H30N4O. The molecule has 0 unspecified atom stereocenters. The molecule has 0 bridgehead atoms. The molecular weight excluding hydrogens is 300 g/mol. The number of carbonyl (C=O) groups is 1. The zero-order chi connectivity index (χ0) is 16.6. The summed E-state index contributed by atoms with van der Waals surface area (Å²) in [5, 5.41) is 6.60. The van der Waals surface area contributed by atoms with E-state index >= 15 is 0 Å².